The lowest BCUT2D eigenvalue weighted by Gasteiger charge is -2.09. The molecule has 0 bridgehead atoms. The summed E-state index contributed by atoms with van der Waals surface area (Å²) in [5.74, 6) is 0.863. The highest BCUT2D eigenvalue weighted by Crippen LogP contribution is 2.25. The Labute approximate surface area is 119 Å². The largest absolute Gasteiger partial charge is 0.394 e. The maximum absolute atomic E-state index is 9.33. The molecule has 2 heterocycles. The minimum Gasteiger partial charge on any atom is -0.394 e. The fourth-order valence-electron chi connectivity index (χ4n) is 1.95. The van der Waals surface area contributed by atoms with Gasteiger partial charge in [-0.25, -0.2) is 4.98 Å². The number of H-pyrrole nitrogens is 1. The second-order valence-corrected chi connectivity index (χ2v) is 5.46. The van der Waals surface area contributed by atoms with Gasteiger partial charge in [0, 0.05) is 12.2 Å². The molecule has 6 heteroatoms. The highest BCUT2D eigenvalue weighted by atomic mass is 32.1. The second-order valence-electron chi connectivity index (χ2n) is 4.51. The van der Waals surface area contributed by atoms with Crippen molar-refractivity contribution < 1.29 is 10.2 Å². The van der Waals surface area contributed by atoms with Crippen LogP contribution < -0.4 is 5.32 Å². The zero-order chi connectivity index (χ0) is 13.9. The molecule has 104 valence electrons. The van der Waals surface area contributed by atoms with Crippen molar-refractivity contribution in [3.05, 3.63) is 35.7 Å². The Kier molecular flexibility index (Phi) is 3.68. The molecule has 0 saturated heterocycles. The molecule has 0 aliphatic heterocycles. The first kappa shape index (κ1) is 13.1. The van der Waals surface area contributed by atoms with Crippen LogP contribution in [0.5, 0.6) is 0 Å². The Morgan fingerprint density at radius 1 is 1.35 bits per heavy atom. The van der Waals surface area contributed by atoms with Crippen molar-refractivity contribution in [1.82, 2.24) is 9.97 Å². The summed E-state index contributed by atoms with van der Waals surface area (Å²) in [5.41, 5.74) is 2.73. The third-order valence-electron chi connectivity index (χ3n) is 2.99. The summed E-state index contributed by atoms with van der Waals surface area (Å²) in [7, 11) is 0. The molecule has 4 N–H and O–H groups in total. The fourth-order valence-corrected chi connectivity index (χ4v) is 2.62. The van der Waals surface area contributed by atoms with Gasteiger partial charge in [0.05, 0.1) is 28.6 Å². The van der Waals surface area contributed by atoms with Gasteiger partial charge in [0.2, 0.25) is 0 Å². The highest BCUT2D eigenvalue weighted by Gasteiger charge is 2.07. The van der Waals surface area contributed by atoms with Crippen LogP contribution in [-0.4, -0.2) is 39.4 Å². The average Bonchev–Trinajstić information content (AvgIpc) is 3.12. The lowest BCUT2D eigenvalue weighted by Crippen LogP contribution is -2.22. The Balaban J connectivity index is 1.84. The molecule has 0 amide bonds. The lowest BCUT2D eigenvalue weighted by molar-refractivity contribution is 0.105. The second kappa shape index (κ2) is 5.62. The number of aromatic amines is 1. The normalized spacial score (nSPS) is 12.7. The minimum absolute atomic E-state index is 0.248. The van der Waals surface area contributed by atoms with E-state index in [2.05, 4.69) is 15.3 Å². The van der Waals surface area contributed by atoms with Crippen molar-refractivity contribution in [3.63, 3.8) is 0 Å². The van der Waals surface area contributed by atoms with Crippen molar-refractivity contribution in [2.24, 2.45) is 0 Å². The molecule has 0 aliphatic rings. The molecule has 3 aromatic rings. The molecule has 0 aliphatic carbocycles. The van der Waals surface area contributed by atoms with E-state index in [9.17, 15) is 5.11 Å². The number of aliphatic hydroxyl groups excluding tert-OH is 2. The molecule has 1 atom stereocenters. The van der Waals surface area contributed by atoms with Crippen LogP contribution in [0, 0.1) is 0 Å². The van der Waals surface area contributed by atoms with Crippen LogP contribution >= 0.6 is 11.3 Å². The van der Waals surface area contributed by atoms with Crippen molar-refractivity contribution in [3.8, 4) is 10.7 Å². The molecule has 3 rings (SSSR count). The van der Waals surface area contributed by atoms with Crippen molar-refractivity contribution in [2.75, 3.05) is 18.5 Å². The standard InChI is InChI=1S/C14H15N3O2S/c18-8-10(19)7-15-9-3-4-11-12(6-9)17-14(16-11)13-2-1-5-20-13/h1-6,10,15,18-19H,7-8H2,(H,16,17). The monoisotopic (exact) mass is 289 g/mol. The van der Waals surface area contributed by atoms with Crippen molar-refractivity contribution in [1.29, 1.82) is 0 Å². The molecule has 20 heavy (non-hydrogen) atoms. The van der Waals surface area contributed by atoms with Crippen LogP contribution in [0.4, 0.5) is 5.69 Å². The predicted octanol–water partition coefficient (Wildman–Crippen LogP) is 2.06. The zero-order valence-electron chi connectivity index (χ0n) is 10.7. The third kappa shape index (κ3) is 2.67. The Morgan fingerprint density at radius 2 is 2.25 bits per heavy atom. The highest BCUT2D eigenvalue weighted by molar-refractivity contribution is 7.13. The van der Waals surface area contributed by atoms with E-state index in [0.717, 1.165) is 27.4 Å². The van der Waals surface area contributed by atoms with E-state index in [1.54, 1.807) is 11.3 Å². The summed E-state index contributed by atoms with van der Waals surface area (Å²) < 4.78 is 0. The van der Waals surface area contributed by atoms with Crippen LogP contribution in [0.1, 0.15) is 0 Å². The molecule has 0 saturated carbocycles. The quantitative estimate of drug-likeness (QED) is 0.579. The Bertz CT molecular complexity index is 694. The maximum Gasteiger partial charge on any atom is 0.148 e. The molecule has 1 unspecified atom stereocenters. The minimum atomic E-state index is -0.755. The average molecular weight is 289 g/mol. The lowest BCUT2D eigenvalue weighted by atomic mass is 10.2. The molecule has 0 radical (unpaired) electrons. The zero-order valence-corrected chi connectivity index (χ0v) is 11.5. The number of benzene rings is 1. The summed E-state index contributed by atoms with van der Waals surface area (Å²) in [6.45, 7) is 0.0652. The van der Waals surface area contributed by atoms with Gasteiger partial charge in [-0.3, -0.25) is 0 Å². The van der Waals surface area contributed by atoms with E-state index in [-0.39, 0.29) is 6.61 Å². The molecular weight excluding hydrogens is 274 g/mol. The van der Waals surface area contributed by atoms with Gasteiger partial charge in [-0.15, -0.1) is 11.3 Å². The van der Waals surface area contributed by atoms with Gasteiger partial charge in [0.15, 0.2) is 0 Å². The van der Waals surface area contributed by atoms with Crippen LogP contribution in [0.3, 0.4) is 0 Å². The molecule has 5 nitrogen and oxygen atoms in total. The third-order valence-corrected chi connectivity index (χ3v) is 3.87. The number of aliphatic hydroxyl groups is 2. The number of thiophene rings is 1. The van der Waals surface area contributed by atoms with Gasteiger partial charge in [-0.05, 0) is 29.6 Å². The summed E-state index contributed by atoms with van der Waals surface area (Å²) in [6.07, 6.45) is -0.755. The van der Waals surface area contributed by atoms with Crippen molar-refractivity contribution in [2.45, 2.75) is 6.10 Å². The maximum atomic E-state index is 9.33. The first-order chi connectivity index (χ1) is 9.76. The van der Waals surface area contributed by atoms with Gasteiger partial charge in [0.1, 0.15) is 5.82 Å². The van der Waals surface area contributed by atoms with Gasteiger partial charge in [-0.1, -0.05) is 6.07 Å². The summed E-state index contributed by atoms with van der Waals surface area (Å²) in [4.78, 5) is 8.94. The van der Waals surface area contributed by atoms with E-state index in [1.165, 1.54) is 0 Å². The van der Waals surface area contributed by atoms with Crippen LogP contribution in [0.2, 0.25) is 0 Å². The van der Waals surface area contributed by atoms with E-state index < -0.39 is 6.10 Å². The SMILES string of the molecule is OCC(O)CNc1ccc2nc(-c3cccs3)[nH]c2c1. The first-order valence-electron chi connectivity index (χ1n) is 6.32. The number of anilines is 1. The molecule has 0 fully saturated rings. The van der Waals surface area contributed by atoms with E-state index >= 15 is 0 Å². The molecule has 1 aromatic carbocycles. The summed E-state index contributed by atoms with van der Waals surface area (Å²) in [5, 5.41) is 23.2. The molecule has 0 spiro atoms. The smallest absolute Gasteiger partial charge is 0.148 e. The van der Waals surface area contributed by atoms with Gasteiger partial charge in [-0.2, -0.15) is 0 Å². The number of imidazole rings is 1. The van der Waals surface area contributed by atoms with Gasteiger partial charge >= 0.3 is 0 Å². The van der Waals surface area contributed by atoms with Crippen LogP contribution in [0.15, 0.2) is 35.7 Å². The van der Waals surface area contributed by atoms with Crippen LogP contribution in [0.25, 0.3) is 21.7 Å². The van der Waals surface area contributed by atoms with Gasteiger partial charge in [0.25, 0.3) is 0 Å². The molecular formula is C14H15N3O2S. The number of nitrogens with zero attached hydrogens (tertiary/aromatic N) is 1. The molecule has 2 aromatic heterocycles. The topological polar surface area (TPSA) is 81.2 Å². The number of fused-ring (bicyclic) bond motifs is 1. The number of hydrogen-bond donors (Lipinski definition) is 4. The van der Waals surface area contributed by atoms with Crippen molar-refractivity contribution >= 4 is 28.1 Å². The van der Waals surface area contributed by atoms with E-state index in [0.29, 0.717) is 6.54 Å². The van der Waals surface area contributed by atoms with Crippen LogP contribution in [-0.2, 0) is 0 Å². The number of rotatable bonds is 5. The first-order valence-corrected chi connectivity index (χ1v) is 7.20. The Hall–Kier alpha value is -1.89. The van der Waals surface area contributed by atoms with Gasteiger partial charge < -0.3 is 20.5 Å². The van der Waals surface area contributed by atoms with E-state index in [1.807, 2.05) is 35.7 Å². The summed E-state index contributed by atoms with van der Waals surface area (Å²) in [6, 6.07) is 9.81. The fraction of sp³-hybridized carbons (Fsp3) is 0.214. The number of hydrogen-bond acceptors (Lipinski definition) is 5. The van der Waals surface area contributed by atoms with E-state index in [4.69, 9.17) is 5.11 Å². The predicted molar refractivity (Wildman–Crippen MR) is 81.0 cm³/mol. The number of aromatic nitrogens is 2. The Morgan fingerprint density at radius 3 is 3.00 bits per heavy atom. The number of nitrogens with one attached hydrogen (secondary N) is 2. The summed E-state index contributed by atoms with van der Waals surface area (Å²) >= 11 is 1.64.